The number of hydrogen-bond acceptors (Lipinski definition) is 6. The van der Waals surface area contributed by atoms with Crippen molar-refractivity contribution in [3.05, 3.63) is 34.6 Å². The number of pyridine rings is 1. The summed E-state index contributed by atoms with van der Waals surface area (Å²) in [5.41, 5.74) is 1.98. The molecule has 0 radical (unpaired) electrons. The quantitative estimate of drug-likeness (QED) is 0.839. The van der Waals surface area contributed by atoms with Gasteiger partial charge in [-0.15, -0.1) is 11.3 Å². The van der Waals surface area contributed by atoms with E-state index in [1.807, 2.05) is 32.2 Å². The van der Waals surface area contributed by atoms with Gasteiger partial charge in [-0.1, -0.05) is 0 Å². The standard InChI is InChI=1S/C19H26N4O2S/c1-13-7-17(8-14(2)21-13)25-12-16-5-4-6-23(10-16)11-18-9-20-19(26-18)22-15(3)24/h7-9,16H,4-6,10-12H2,1-3H3,(H,20,22,24). The van der Waals surface area contributed by atoms with Crippen LogP contribution >= 0.6 is 11.3 Å². The second-order valence-electron chi connectivity index (χ2n) is 6.95. The lowest BCUT2D eigenvalue weighted by molar-refractivity contribution is -0.114. The molecule has 0 saturated carbocycles. The van der Waals surface area contributed by atoms with Gasteiger partial charge in [0.25, 0.3) is 0 Å². The number of nitrogens with zero attached hydrogens (tertiary/aromatic N) is 3. The van der Waals surface area contributed by atoms with Crippen LogP contribution in [-0.4, -0.2) is 40.5 Å². The number of carbonyl (C=O) groups excluding carboxylic acids is 1. The Balaban J connectivity index is 1.50. The van der Waals surface area contributed by atoms with E-state index < -0.39 is 0 Å². The van der Waals surface area contributed by atoms with Gasteiger partial charge in [-0.25, -0.2) is 4.98 Å². The zero-order chi connectivity index (χ0) is 18.5. The first-order valence-electron chi connectivity index (χ1n) is 9.00. The smallest absolute Gasteiger partial charge is 0.223 e. The summed E-state index contributed by atoms with van der Waals surface area (Å²) < 4.78 is 6.03. The average molecular weight is 375 g/mol. The van der Waals surface area contributed by atoms with Crippen molar-refractivity contribution in [2.45, 2.75) is 40.2 Å². The Hall–Kier alpha value is -1.99. The first-order valence-corrected chi connectivity index (χ1v) is 9.82. The van der Waals surface area contributed by atoms with E-state index in [-0.39, 0.29) is 5.91 Å². The first kappa shape index (κ1) is 18.8. The van der Waals surface area contributed by atoms with Gasteiger partial charge in [-0.3, -0.25) is 14.7 Å². The highest BCUT2D eigenvalue weighted by atomic mass is 32.1. The van der Waals surface area contributed by atoms with E-state index in [4.69, 9.17) is 4.74 Å². The molecule has 1 aliphatic heterocycles. The lowest BCUT2D eigenvalue weighted by atomic mass is 9.99. The van der Waals surface area contributed by atoms with Gasteiger partial charge in [-0.05, 0) is 33.2 Å². The third-order valence-electron chi connectivity index (χ3n) is 4.36. The molecule has 0 aromatic carbocycles. The molecule has 3 heterocycles. The Morgan fingerprint density at radius 1 is 1.38 bits per heavy atom. The summed E-state index contributed by atoms with van der Waals surface area (Å²) in [5.74, 6) is 1.36. The fourth-order valence-electron chi connectivity index (χ4n) is 3.33. The van der Waals surface area contributed by atoms with Crippen molar-refractivity contribution in [1.82, 2.24) is 14.9 Å². The van der Waals surface area contributed by atoms with Crippen LogP contribution in [-0.2, 0) is 11.3 Å². The van der Waals surface area contributed by atoms with Gasteiger partial charge in [0.2, 0.25) is 5.91 Å². The molecule has 7 heteroatoms. The van der Waals surface area contributed by atoms with Crippen LogP contribution in [0.4, 0.5) is 5.13 Å². The zero-order valence-corrected chi connectivity index (χ0v) is 16.4. The molecular weight excluding hydrogens is 348 g/mol. The van der Waals surface area contributed by atoms with Crippen LogP contribution in [0.25, 0.3) is 0 Å². The molecule has 2 aromatic rings. The summed E-state index contributed by atoms with van der Waals surface area (Å²) >= 11 is 1.55. The molecule has 1 atom stereocenters. The van der Waals surface area contributed by atoms with E-state index in [1.165, 1.54) is 24.6 Å². The number of amides is 1. The minimum atomic E-state index is -0.0809. The number of likely N-dealkylation sites (tertiary alicyclic amines) is 1. The molecule has 1 saturated heterocycles. The molecule has 140 valence electrons. The van der Waals surface area contributed by atoms with Crippen LogP contribution in [0.15, 0.2) is 18.3 Å². The maximum absolute atomic E-state index is 11.1. The van der Waals surface area contributed by atoms with Gasteiger partial charge in [0.15, 0.2) is 5.13 Å². The van der Waals surface area contributed by atoms with Gasteiger partial charge in [0.05, 0.1) is 6.61 Å². The number of anilines is 1. The van der Waals surface area contributed by atoms with E-state index in [0.717, 1.165) is 43.4 Å². The summed E-state index contributed by atoms with van der Waals surface area (Å²) in [6, 6.07) is 3.99. The van der Waals surface area contributed by atoms with Gasteiger partial charge in [0, 0.05) is 60.5 Å². The zero-order valence-electron chi connectivity index (χ0n) is 15.6. The Kier molecular flexibility index (Phi) is 6.21. The predicted molar refractivity (Wildman–Crippen MR) is 104 cm³/mol. The number of aromatic nitrogens is 2. The lowest BCUT2D eigenvalue weighted by Gasteiger charge is -2.32. The highest BCUT2D eigenvalue weighted by molar-refractivity contribution is 7.15. The molecule has 0 spiro atoms. The SMILES string of the molecule is CC(=O)Nc1ncc(CN2CCCC(COc3cc(C)nc(C)c3)C2)s1. The largest absolute Gasteiger partial charge is 0.493 e. The number of piperidine rings is 1. The van der Waals surface area contributed by atoms with Crippen LogP contribution in [0.3, 0.4) is 0 Å². The number of carbonyl (C=O) groups is 1. The number of ether oxygens (including phenoxy) is 1. The molecule has 26 heavy (non-hydrogen) atoms. The molecule has 1 aliphatic rings. The van der Waals surface area contributed by atoms with Crippen molar-refractivity contribution >= 4 is 22.4 Å². The van der Waals surface area contributed by atoms with Crippen LogP contribution in [0.5, 0.6) is 5.75 Å². The summed E-state index contributed by atoms with van der Waals surface area (Å²) in [7, 11) is 0. The van der Waals surface area contributed by atoms with E-state index in [2.05, 4.69) is 20.2 Å². The third kappa shape index (κ3) is 5.51. The Morgan fingerprint density at radius 3 is 2.88 bits per heavy atom. The topological polar surface area (TPSA) is 67.4 Å². The lowest BCUT2D eigenvalue weighted by Crippen LogP contribution is -2.37. The van der Waals surface area contributed by atoms with Crippen LogP contribution in [0, 0.1) is 19.8 Å². The molecular formula is C19H26N4O2S. The maximum atomic E-state index is 11.1. The monoisotopic (exact) mass is 374 g/mol. The van der Waals surface area contributed by atoms with Gasteiger partial charge < -0.3 is 10.1 Å². The van der Waals surface area contributed by atoms with E-state index in [9.17, 15) is 4.79 Å². The highest BCUT2D eigenvalue weighted by Crippen LogP contribution is 2.24. The van der Waals surface area contributed by atoms with Gasteiger partial charge >= 0.3 is 0 Å². The first-order chi connectivity index (χ1) is 12.5. The van der Waals surface area contributed by atoms with Crippen LogP contribution in [0.2, 0.25) is 0 Å². The summed E-state index contributed by atoms with van der Waals surface area (Å²) in [6.07, 6.45) is 4.23. The fourth-order valence-corrected chi connectivity index (χ4v) is 4.23. The van der Waals surface area contributed by atoms with Gasteiger partial charge in [0.1, 0.15) is 5.75 Å². The number of rotatable bonds is 6. The van der Waals surface area contributed by atoms with E-state index in [1.54, 1.807) is 11.3 Å². The Bertz CT molecular complexity index is 741. The highest BCUT2D eigenvalue weighted by Gasteiger charge is 2.21. The summed E-state index contributed by atoms with van der Waals surface area (Å²) in [5, 5.41) is 3.42. The molecule has 6 nitrogen and oxygen atoms in total. The van der Waals surface area contributed by atoms with Crippen molar-refractivity contribution < 1.29 is 9.53 Å². The van der Waals surface area contributed by atoms with Crippen LogP contribution in [0.1, 0.15) is 36.0 Å². The minimum Gasteiger partial charge on any atom is -0.493 e. The average Bonchev–Trinajstić information content (AvgIpc) is 2.98. The van der Waals surface area contributed by atoms with Crippen molar-refractivity contribution in [2.75, 3.05) is 25.0 Å². The van der Waals surface area contributed by atoms with E-state index in [0.29, 0.717) is 11.0 Å². The number of aryl methyl sites for hydroxylation is 2. The number of thiazole rings is 1. The maximum Gasteiger partial charge on any atom is 0.223 e. The molecule has 1 amide bonds. The molecule has 1 unspecified atom stereocenters. The van der Waals surface area contributed by atoms with E-state index >= 15 is 0 Å². The molecule has 1 fully saturated rings. The van der Waals surface area contributed by atoms with Crippen LogP contribution < -0.4 is 10.1 Å². The second kappa shape index (κ2) is 8.60. The fraction of sp³-hybridized carbons (Fsp3) is 0.526. The molecule has 0 aliphatic carbocycles. The van der Waals surface area contributed by atoms with Crippen molar-refractivity contribution in [3.8, 4) is 5.75 Å². The molecule has 2 aromatic heterocycles. The second-order valence-corrected chi connectivity index (χ2v) is 8.07. The van der Waals surface area contributed by atoms with Crippen molar-refractivity contribution in [1.29, 1.82) is 0 Å². The normalized spacial score (nSPS) is 17.9. The molecule has 3 rings (SSSR count). The summed E-state index contributed by atoms with van der Waals surface area (Å²) in [6.45, 7) is 9.22. The summed E-state index contributed by atoms with van der Waals surface area (Å²) in [4.78, 5) is 23.4. The van der Waals surface area contributed by atoms with Crippen molar-refractivity contribution in [3.63, 3.8) is 0 Å². The predicted octanol–water partition coefficient (Wildman–Crippen LogP) is 3.40. The Morgan fingerprint density at radius 2 is 2.15 bits per heavy atom. The minimum absolute atomic E-state index is 0.0809. The molecule has 1 N–H and O–H groups in total. The van der Waals surface area contributed by atoms with Crippen molar-refractivity contribution in [2.24, 2.45) is 5.92 Å². The number of hydrogen-bond donors (Lipinski definition) is 1. The molecule has 0 bridgehead atoms. The Labute approximate surface area is 158 Å². The number of nitrogens with one attached hydrogen (secondary N) is 1. The third-order valence-corrected chi connectivity index (χ3v) is 5.26. The van der Waals surface area contributed by atoms with Gasteiger partial charge in [-0.2, -0.15) is 0 Å².